The van der Waals surface area contributed by atoms with Crippen LogP contribution in [0.3, 0.4) is 0 Å². The summed E-state index contributed by atoms with van der Waals surface area (Å²) in [6.45, 7) is 9.37. The normalized spacial score (nSPS) is 16.5. The lowest BCUT2D eigenvalue weighted by atomic mass is 10.1. The second-order valence-corrected chi connectivity index (χ2v) is 8.79. The average Bonchev–Trinajstić information content (AvgIpc) is 2.77. The van der Waals surface area contributed by atoms with Crippen LogP contribution in [0.5, 0.6) is 5.75 Å². The molecule has 1 fully saturated rings. The van der Waals surface area contributed by atoms with Crippen LogP contribution in [0.1, 0.15) is 13.8 Å². The molecule has 1 aliphatic rings. The quantitative estimate of drug-likeness (QED) is 0.476. The monoisotopic (exact) mass is 482 g/mol. The Hall–Kier alpha value is -2.63. The molecule has 2 heterocycles. The van der Waals surface area contributed by atoms with Gasteiger partial charge in [-0.25, -0.2) is 4.98 Å². The summed E-state index contributed by atoms with van der Waals surface area (Å²) in [7, 11) is 2.11. The topological polar surface area (TPSA) is 85.8 Å². The molecule has 0 radical (unpaired) electrons. The Morgan fingerprint density at radius 2 is 1.85 bits per heavy atom. The Kier molecular flexibility index (Phi) is 8.92. The molecular formula is C23H33F3N6O2. The Bertz CT molecular complexity index is 920. The van der Waals surface area contributed by atoms with Crippen LogP contribution in [0.25, 0.3) is 11.3 Å². The summed E-state index contributed by atoms with van der Waals surface area (Å²) in [6, 6.07) is 7.11. The summed E-state index contributed by atoms with van der Waals surface area (Å²) in [4.78, 5) is 13.7. The minimum atomic E-state index is -4.78. The number of aliphatic hydroxyl groups excluding tert-OH is 1. The smallest absolute Gasteiger partial charge is 0.406 e. The first kappa shape index (κ1) is 26.0. The molecule has 11 heteroatoms. The third-order valence-electron chi connectivity index (χ3n) is 5.74. The third-order valence-corrected chi connectivity index (χ3v) is 5.74. The predicted molar refractivity (Wildman–Crippen MR) is 126 cm³/mol. The van der Waals surface area contributed by atoms with Crippen LogP contribution in [-0.4, -0.2) is 90.2 Å². The molecule has 0 aliphatic carbocycles. The first-order valence-electron chi connectivity index (χ1n) is 11.4. The fourth-order valence-electron chi connectivity index (χ4n) is 3.61. The molecule has 0 unspecified atom stereocenters. The summed E-state index contributed by atoms with van der Waals surface area (Å²) in [5.41, 5.74) is 0.895. The number of hydrogen-bond donors (Lipinski definition) is 3. The minimum Gasteiger partial charge on any atom is -0.406 e. The molecule has 1 saturated heterocycles. The number of benzene rings is 1. The number of piperazine rings is 1. The van der Waals surface area contributed by atoms with Crippen LogP contribution in [0.4, 0.5) is 24.9 Å². The van der Waals surface area contributed by atoms with Crippen molar-refractivity contribution in [2.45, 2.75) is 26.3 Å². The Balaban J connectivity index is 1.80. The van der Waals surface area contributed by atoms with Gasteiger partial charge in [0, 0.05) is 50.9 Å². The second kappa shape index (κ2) is 11.7. The van der Waals surface area contributed by atoms with E-state index in [1.165, 1.54) is 18.2 Å². The maximum Gasteiger partial charge on any atom is 0.573 e. The standard InChI is InChI=1S/C23H33F3N6O2/c1-16(2)20(15-33)29-22-28-19(17-5-4-6-18(13-17)34-23(24,25)26)14-21(30-22)27-7-8-32-11-9-31(3)10-12-32/h4-6,13-14,16,20,33H,7-12,15H2,1-3H3,(H2,27,28,29,30)/t20-/m0/s1. The van der Waals surface area contributed by atoms with E-state index in [9.17, 15) is 18.3 Å². The van der Waals surface area contributed by atoms with Crippen molar-refractivity contribution in [1.29, 1.82) is 0 Å². The number of ether oxygens (including phenoxy) is 1. The van der Waals surface area contributed by atoms with Crippen molar-refractivity contribution in [2.24, 2.45) is 5.92 Å². The van der Waals surface area contributed by atoms with Gasteiger partial charge in [0.25, 0.3) is 0 Å². The van der Waals surface area contributed by atoms with Crippen LogP contribution in [0, 0.1) is 5.92 Å². The van der Waals surface area contributed by atoms with Gasteiger partial charge in [-0.3, -0.25) is 4.90 Å². The van der Waals surface area contributed by atoms with Crippen LogP contribution in [0.2, 0.25) is 0 Å². The number of aromatic nitrogens is 2. The molecule has 1 atom stereocenters. The zero-order chi connectivity index (χ0) is 24.7. The van der Waals surface area contributed by atoms with Gasteiger partial charge in [0.05, 0.1) is 18.3 Å². The van der Waals surface area contributed by atoms with E-state index in [0.29, 0.717) is 23.6 Å². The van der Waals surface area contributed by atoms with Crippen molar-refractivity contribution >= 4 is 11.8 Å². The van der Waals surface area contributed by atoms with E-state index in [4.69, 9.17) is 0 Å². The highest BCUT2D eigenvalue weighted by atomic mass is 19.4. The molecule has 8 nitrogen and oxygen atoms in total. The molecule has 0 spiro atoms. The summed E-state index contributed by atoms with van der Waals surface area (Å²) in [5.74, 6) is 0.631. The van der Waals surface area contributed by atoms with Gasteiger partial charge < -0.3 is 25.4 Å². The molecule has 0 saturated carbocycles. The molecular weight excluding hydrogens is 449 g/mol. The Morgan fingerprint density at radius 1 is 1.12 bits per heavy atom. The average molecular weight is 483 g/mol. The van der Waals surface area contributed by atoms with Crippen LogP contribution in [-0.2, 0) is 0 Å². The first-order chi connectivity index (χ1) is 16.1. The summed E-state index contributed by atoms with van der Waals surface area (Å²) < 4.78 is 42.1. The molecule has 0 amide bonds. The molecule has 1 aromatic heterocycles. The molecule has 2 aromatic rings. The van der Waals surface area contributed by atoms with Crippen LogP contribution >= 0.6 is 0 Å². The number of anilines is 2. The van der Waals surface area contributed by atoms with E-state index in [2.05, 4.69) is 42.2 Å². The fourth-order valence-corrected chi connectivity index (χ4v) is 3.61. The molecule has 188 valence electrons. The van der Waals surface area contributed by atoms with E-state index in [1.54, 1.807) is 12.1 Å². The second-order valence-electron chi connectivity index (χ2n) is 8.79. The van der Waals surface area contributed by atoms with Gasteiger partial charge in [0.1, 0.15) is 11.6 Å². The number of aliphatic hydroxyl groups is 1. The van der Waals surface area contributed by atoms with Crippen molar-refractivity contribution in [1.82, 2.24) is 19.8 Å². The first-order valence-corrected chi connectivity index (χ1v) is 11.4. The highest BCUT2D eigenvalue weighted by molar-refractivity contribution is 5.66. The number of hydrogen-bond acceptors (Lipinski definition) is 8. The van der Waals surface area contributed by atoms with E-state index >= 15 is 0 Å². The Labute approximate surface area is 198 Å². The third kappa shape index (κ3) is 8.00. The molecule has 3 N–H and O–H groups in total. The highest BCUT2D eigenvalue weighted by Crippen LogP contribution is 2.29. The van der Waals surface area contributed by atoms with E-state index in [1.807, 2.05) is 13.8 Å². The van der Waals surface area contributed by atoms with Gasteiger partial charge >= 0.3 is 6.36 Å². The lowest BCUT2D eigenvalue weighted by molar-refractivity contribution is -0.274. The fraction of sp³-hybridized carbons (Fsp3) is 0.565. The Morgan fingerprint density at radius 3 is 2.50 bits per heavy atom. The van der Waals surface area contributed by atoms with Crippen LogP contribution < -0.4 is 15.4 Å². The van der Waals surface area contributed by atoms with Crippen molar-refractivity contribution in [3.05, 3.63) is 30.3 Å². The zero-order valence-corrected chi connectivity index (χ0v) is 19.8. The molecule has 1 aliphatic heterocycles. The van der Waals surface area contributed by atoms with Crippen molar-refractivity contribution < 1.29 is 23.0 Å². The van der Waals surface area contributed by atoms with Gasteiger partial charge in [-0.05, 0) is 25.1 Å². The number of rotatable bonds is 10. The van der Waals surface area contributed by atoms with Crippen molar-refractivity contribution in [3.63, 3.8) is 0 Å². The number of likely N-dealkylation sites (N-methyl/N-ethyl adjacent to an activating group) is 1. The van der Waals surface area contributed by atoms with Crippen molar-refractivity contribution in [3.8, 4) is 17.0 Å². The lowest BCUT2D eigenvalue weighted by Crippen LogP contribution is -2.45. The SMILES string of the molecule is CC(C)[C@H](CO)Nc1nc(NCCN2CCN(C)CC2)cc(-c2cccc(OC(F)(F)F)c2)n1. The van der Waals surface area contributed by atoms with Gasteiger partial charge in [-0.1, -0.05) is 26.0 Å². The lowest BCUT2D eigenvalue weighted by Gasteiger charge is -2.32. The van der Waals surface area contributed by atoms with Gasteiger partial charge in [0.2, 0.25) is 5.95 Å². The number of nitrogens with one attached hydrogen (secondary N) is 2. The summed E-state index contributed by atoms with van der Waals surface area (Å²) in [6.07, 6.45) is -4.78. The maximum atomic E-state index is 12.7. The molecule has 34 heavy (non-hydrogen) atoms. The predicted octanol–water partition coefficient (Wildman–Crippen LogP) is 3.13. The maximum absolute atomic E-state index is 12.7. The summed E-state index contributed by atoms with van der Waals surface area (Å²) in [5, 5.41) is 16.1. The molecule has 0 bridgehead atoms. The number of halogens is 3. The minimum absolute atomic E-state index is 0.105. The summed E-state index contributed by atoms with van der Waals surface area (Å²) >= 11 is 0. The van der Waals surface area contributed by atoms with Gasteiger partial charge in [0.15, 0.2) is 0 Å². The van der Waals surface area contributed by atoms with Gasteiger partial charge in [-0.2, -0.15) is 4.98 Å². The van der Waals surface area contributed by atoms with Gasteiger partial charge in [-0.15, -0.1) is 13.2 Å². The number of alkyl halides is 3. The molecule has 3 rings (SSSR count). The molecule has 1 aromatic carbocycles. The highest BCUT2D eigenvalue weighted by Gasteiger charge is 2.31. The van der Waals surface area contributed by atoms with E-state index in [-0.39, 0.29) is 30.3 Å². The largest absolute Gasteiger partial charge is 0.573 e. The zero-order valence-electron chi connectivity index (χ0n) is 19.8. The van der Waals surface area contributed by atoms with E-state index < -0.39 is 6.36 Å². The van der Waals surface area contributed by atoms with Crippen molar-refractivity contribution in [2.75, 3.05) is 63.6 Å². The van der Waals surface area contributed by atoms with Crippen LogP contribution in [0.15, 0.2) is 30.3 Å². The van der Waals surface area contributed by atoms with E-state index in [0.717, 1.165) is 32.7 Å². The number of nitrogens with zero attached hydrogens (tertiary/aromatic N) is 4.